The van der Waals surface area contributed by atoms with Gasteiger partial charge in [-0.1, -0.05) is 5.16 Å². The number of thiazole rings is 1. The molecule has 2 fully saturated rings. The molecule has 8 heteroatoms. The lowest BCUT2D eigenvalue weighted by atomic mass is 9.84. The molecule has 3 aliphatic rings. The van der Waals surface area contributed by atoms with Gasteiger partial charge in [0.15, 0.2) is 5.13 Å². The monoisotopic (exact) mass is 471 g/mol. The van der Waals surface area contributed by atoms with Gasteiger partial charge in [0.1, 0.15) is 5.76 Å². The van der Waals surface area contributed by atoms with Crippen LogP contribution in [0.15, 0.2) is 10.6 Å². The van der Waals surface area contributed by atoms with Crippen molar-refractivity contribution in [2.45, 2.75) is 83.7 Å². The maximum atomic E-state index is 12.3. The summed E-state index contributed by atoms with van der Waals surface area (Å²) >= 11 is 1.94. The number of aromatic nitrogens is 2. The molecule has 0 atom stereocenters. The van der Waals surface area contributed by atoms with E-state index in [1.807, 2.05) is 24.3 Å². The lowest BCUT2D eigenvalue weighted by Crippen LogP contribution is -2.39. The van der Waals surface area contributed by atoms with Crippen molar-refractivity contribution in [1.82, 2.24) is 20.4 Å². The van der Waals surface area contributed by atoms with E-state index in [0.29, 0.717) is 11.8 Å². The fraction of sp³-hybridized carbons (Fsp3) is 0.720. The quantitative estimate of drug-likeness (QED) is 0.655. The van der Waals surface area contributed by atoms with Crippen molar-refractivity contribution in [3.05, 3.63) is 28.1 Å². The second-order valence-electron chi connectivity index (χ2n) is 10.1. The Hall–Kier alpha value is -1.93. The molecule has 1 amide bonds. The van der Waals surface area contributed by atoms with Crippen molar-refractivity contribution in [2.24, 2.45) is 5.92 Å². The summed E-state index contributed by atoms with van der Waals surface area (Å²) in [5.41, 5.74) is 2.15. The predicted molar refractivity (Wildman–Crippen MR) is 131 cm³/mol. The molecule has 1 saturated carbocycles. The Balaban J connectivity index is 1.02. The maximum Gasteiger partial charge on any atom is 0.227 e. The summed E-state index contributed by atoms with van der Waals surface area (Å²) in [5.74, 6) is 1.47. The van der Waals surface area contributed by atoms with Crippen molar-refractivity contribution in [3.63, 3.8) is 0 Å². The molecule has 0 spiro atoms. The number of aryl methyl sites for hydroxylation is 1. The minimum atomic E-state index is 0.0471. The van der Waals surface area contributed by atoms with E-state index in [1.165, 1.54) is 80.4 Å². The van der Waals surface area contributed by atoms with Gasteiger partial charge in [-0.05, 0) is 77.2 Å². The SMILES string of the molecule is Cc1cc(CC(=O)N[C@H]2CC[C@H](CCN3CCc4sc(N5CCCCC5)nc4C3)CC2)on1. The molecular formula is C25H37N5O2S. The fourth-order valence-electron chi connectivity index (χ4n) is 5.55. The number of fused-ring (bicyclic) bond motifs is 1. The van der Waals surface area contributed by atoms with Crippen molar-refractivity contribution in [2.75, 3.05) is 31.1 Å². The molecule has 4 heterocycles. The lowest BCUT2D eigenvalue weighted by Gasteiger charge is -2.32. The number of anilines is 1. The minimum Gasteiger partial charge on any atom is -0.361 e. The Labute approximate surface area is 200 Å². The van der Waals surface area contributed by atoms with Crippen molar-refractivity contribution >= 4 is 22.4 Å². The molecule has 2 aromatic rings. The zero-order valence-corrected chi connectivity index (χ0v) is 20.7. The number of carbonyl (C=O) groups excluding carboxylic acids is 1. The zero-order chi connectivity index (χ0) is 22.6. The van der Waals surface area contributed by atoms with Crippen LogP contribution in [0.2, 0.25) is 0 Å². The Kier molecular flexibility index (Phi) is 7.30. The van der Waals surface area contributed by atoms with Crippen LogP contribution in [0.5, 0.6) is 0 Å². The zero-order valence-electron chi connectivity index (χ0n) is 19.9. The molecule has 2 aromatic heterocycles. The Morgan fingerprint density at radius 3 is 2.76 bits per heavy atom. The molecule has 1 saturated heterocycles. The number of piperidine rings is 1. The summed E-state index contributed by atoms with van der Waals surface area (Å²) in [6, 6.07) is 2.14. The Bertz CT molecular complexity index is 927. The van der Waals surface area contributed by atoms with E-state index in [9.17, 15) is 4.79 Å². The molecule has 180 valence electrons. The van der Waals surface area contributed by atoms with Crippen molar-refractivity contribution in [1.29, 1.82) is 0 Å². The average molecular weight is 472 g/mol. The molecule has 7 nitrogen and oxygen atoms in total. The highest BCUT2D eigenvalue weighted by molar-refractivity contribution is 7.15. The van der Waals surface area contributed by atoms with E-state index in [-0.39, 0.29) is 12.3 Å². The summed E-state index contributed by atoms with van der Waals surface area (Å²) in [6.45, 7) is 7.59. The third kappa shape index (κ3) is 5.96. The molecular weight excluding hydrogens is 434 g/mol. The van der Waals surface area contributed by atoms with Crippen LogP contribution in [0, 0.1) is 12.8 Å². The van der Waals surface area contributed by atoms with Gasteiger partial charge in [0.2, 0.25) is 5.91 Å². The second kappa shape index (κ2) is 10.6. The van der Waals surface area contributed by atoms with Crippen molar-refractivity contribution < 1.29 is 9.32 Å². The summed E-state index contributed by atoms with van der Waals surface area (Å²) in [7, 11) is 0. The third-order valence-corrected chi connectivity index (χ3v) is 8.72. The topological polar surface area (TPSA) is 74.5 Å². The Morgan fingerprint density at radius 2 is 2.00 bits per heavy atom. The molecule has 0 unspecified atom stereocenters. The van der Waals surface area contributed by atoms with Crippen LogP contribution in [0.3, 0.4) is 0 Å². The number of rotatable bonds is 7. The van der Waals surface area contributed by atoms with Crippen LogP contribution < -0.4 is 10.2 Å². The van der Waals surface area contributed by atoms with Gasteiger partial charge in [-0.25, -0.2) is 4.98 Å². The molecule has 2 aliphatic heterocycles. The first kappa shape index (κ1) is 22.8. The number of hydrogen-bond donors (Lipinski definition) is 1. The van der Waals surface area contributed by atoms with Crippen LogP contribution in [0.25, 0.3) is 0 Å². The van der Waals surface area contributed by atoms with Crippen molar-refractivity contribution in [3.8, 4) is 0 Å². The van der Waals surface area contributed by atoms with E-state index < -0.39 is 0 Å². The summed E-state index contributed by atoms with van der Waals surface area (Å²) in [6.07, 6.45) is 11.3. The van der Waals surface area contributed by atoms with Gasteiger partial charge in [-0.2, -0.15) is 0 Å². The number of carbonyl (C=O) groups is 1. The fourth-order valence-corrected chi connectivity index (χ4v) is 6.66. The first-order chi connectivity index (χ1) is 16.1. The number of nitrogens with one attached hydrogen (secondary N) is 1. The summed E-state index contributed by atoms with van der Waals surface area (Å²) in [5, 5.41) is 8.31. The molecule has 1 N–H and O–H groups in total. The van der Waals surface area contributed by atoms with Gasteiger partial charge in [0, 0.05) is 43.2 Å². The standard InChI is InChI=1S/C25H37N5O2S/c1-18-15-21(32-28-18)16-24(31)26-20-7-5-19(6-8-20)9-13-29-14-10-23-22(17-29)27-25(33-23)30-11-3-2-4-12-30/h15,19-20H,2-14,16-17H2,1H3,(H,26,31)/t19-,20-. The lowest BCUT2D eigenvalue weighted by molar-refractivity contribution is -0.121. The van der Waals surface area contributed by atoms with E-state index >= 15 is 0 Å². The average Bonchev–Trinajstić information content (AvgIpc) is 3.44. The highest BCUT2D eigenvalue weighted by atomic mass is 32.1. The molecule has 0 aromatic carbocycles. The molecule has 5 rings (SSSR count). The molecule has 33 heavy (non-hydrogen) atoms. The number of hydrogen-bond acceptors (Lipinski definition) is 7. The first-order valence-corrected chi connectivity index (χ1v) is 13.6. The first-order valence-electron chi connectivity index (χ1n) is 12.8. The number of nitrogens with zero attached hydrogens (tertiary/aromatic N) is 4. The second-order valence-corrected chi connectivity index (χ2v) is 11.2. The predicted octanol–water partition coefficient (Wildman–Crippen LogP) is 4.10. The van der Waals surface area contributed by atoms with Crippen LogP contribution in [-0.4, -0.2) is 53.2 Å². The third-order valence-electron chi connectivity index (χ3n) is 7.50. The van der Waals surface area contributed by atoms with Gasteiger partial charge in [0.05, 0.1) is 17.8 Å². The molecule has 0 bridgehead atoms. The van der Waals surface area contributed by atoms with E-state index in [2.05, 4.69) is 20.3 Å². The molecule has 1 aliphatic carbocycles. The smallest absolute Gasteiger partial charge is 0.227 e. The van der Waals surface area contributed by atoms with E-state index in [0.717, 1.165) is 37.4 Å². The number of amides is 1. The van der Waals surface area contributed by atoms with Crippen LogP contribution in [0.1, 0.15) is 73.4 Å². The molecule has 0 radical (unpaired) electrons. The van der Waals surface area contributed by atoms with Crippen LogP contribution in [0.4, 0.5) is 5.13 Å². The normalized spacial score (nSPS) is 24.0. The van der Waals surface area contributed by atoms with E-state index in [1.54, 1.807) is 0 Å². The van der Waals surface area contributed by atoms with Gasteiger partial charge >= 0.3 is 0 Å². The van der Waals surface area contributed by atoms with Gasteiger partial charge in [-0.15, -0.1) is 11.3 Å². The van der Waals surface area contributed by atoms with Gasteiger partial charge < -0.3 is 14.7 Å². The minimum absolute atomic E-state index is 0.0471. The summed E-state index contributed by atoms with van der Waals surface area (Å²) in [4.78, 5) is 24.0. The Morgan fingerprint density at radius 1 is 1.18 bits per heavy atom. The van der Waals surface area contributed by atoms with Crippen LogP contribution >= 0.6 is 11.3 Å². The van der Waals surface area contributed by atoms with Gasteiger partial charge in [-0.3, -0.25) is 9.69 Å². The highest BCUT2D eigenvalue weighted by Gasteiger charge is 2.26. The maximum absolute atomic E-state index is 12.3. The van der Waals surface area contributed by atoms with Crippen LogP contribution in [-0.2, 0) is 24.2 Å². The van der Waals surface area contributed by atoms with Gasteiger partial charge in [0.25, 0.3) is 0 Å². The summed E-state index contributed by atoms with van der Waals surface area (Å²) < 4.78 is 5.16. The largest absolute Gasteiger partial charge is 0.361 e. The van der Waals surface area contributed by atoms with E-state index in [4.69, 9.17) is 9.51 Å². The highest BCUT2D eigenvalue weighted by Crippen LogP contribution is 2.33.